The van der Waals surface area contributed by atoms with E-state index in [2.05, 4.69) is 206 Å². The molecule has 0 spiro atoms. The Morgan fingerprint density at radius 1 is 0.376 bits per heavy atom. The summed E-state index contributed by atoms with van der Waals surface area (Å²) in [5.74, 6) is -0.613. The Bertz CT molecular complexity index is 2950. The molecule has 0 unspecified atom stereocenters. The number of unbranched alkanes of at least 4 members (excludes halogenated alkanes) is 9. The third kappa shape index (κ3) is 25.8. The van der Waals surface area contributed by atoms with Crippen molar-refractivity contribution in [2.24, 2.45) is 0 Å². The van der Waals surface area contributed by atoms with Crippen LogP contribution in [0.1, 0.15) is 120 Å². The summed E-state index contributed by atoms with van der Waals surface area (Å²) in [6.45, 7) is -1.91. The van der Waals surface area contributed by atoms with E-state index in [1.807, 2.05) is 54.6 Å². The second-order valence-corrected chi connectivity index (χ2v) is 27.5. The van der Waals surface area contributed by atoms with E-state index < -0.39 is 38.0 Å². The lowest BCUT2D eigenvalue weighted by atomic mass is 10.1. The van der Waals surface area contributed by atoms with Crippen LogP contribution < -0.4 is 53.9 Å². The molecule has 0 atom stereocenters. The van der Waals surface area contributed by atoms with E-state index in [4.69, 9.17) is 15.3 Å². The molecule has 0 aliphatic heterocycles. The van der Waals surface area contributed by atoms with Gasteiger partial charge in [0.15, 0.2) is 0 Å². The van der Waals surface area contributed by atoms with Crippen LogP contribution >= 0.6 is 14.1 Å². The zero-order valence-corrected chi connectivity index (χ0v) is 52.3. The maximum Gasteiger partial charge on any atom is 0.303 e. The van der Waals surface area contributed by atoms with Gasteiger partial charge in [-0.25, -0.2) is 0 Å². The first-order valence-corrected chi connectivity index (χ1v) is 33.4. The van der Waals surface area contributed by atoms with Gasteiger partial charge in [-0.05, 0) is 154 Å². The van der Waals surface area contributed by atoms with E-state index in [-0.39, 0.29) is 36.2 Å². The molecule has 0 aromatic heterocycles. The number of halogens is 1. The van der Waals surface area contributed by atoms with Crippen molar-refractivity contribution in [3.05, 3.63) is 260 Å². The van der Waals surface area contributed by atoms with Crippen LogP contribution in [-0.4, -0.2) is 51.2 Å². The highest BCUT2D eigenvalue weighted by molar-refractivity contribution is 7.95. The molecule has 8 aromatic rings. The Morgan fingerprint density at radius 3 is 1.11 bits per heavy atom. The zero-order chi connectivity index (χ0) is 59.8. The Morgan fingerprint density at radius 2 is 0.706 bits per heavy atom. The van der Waals surface area contributed by atoms with Crippen LogP contribution in [0.5, 0.6) is 0 Å². The van der Waals surface area contributed by atoms with Gasteiger partial charge in [0.2, 0.25) is 0 Å². The van der Waals surface area contributed by atoms with Gasteiger partial charge in [0.05, 0.1) is 6.16 Å². The summed E-state index contributed by atoms with van der Waals surface area (Å²) < 4.78 is 0. The van der Waals surface area contributed by atoms with Crippen molar-refractivity contribution in [1.82, 2.24) is 0 Å². The average Bonchev–Trinajstić information content (AvgIpc) is 1.91. The SMILES string of the molecule is O=C(O)CCCCC=Cc1ccccc1.O=C(O)CCCCCCc1ccccc1.O=C(O)CCCCC[P+](c1ccccc1)(c1ccccc1)c1ccccc1.O=C([O-])CCCCC=P(c1ccccc1)(c1ccccc1)c1ccccc1.[Br-]. The molecule has 0 amide bonds. The summed E-state index contributed by atoms with van der Waals surface area (Å²) in [5, 5.41) is 44.6. The molecule has 85 heavy (non-hydrogen) atoms. The standard InChI is InChI=1S/2C24H25O2P.C13H18O2.C13H16O2.BrH/c2*25-24(26)19-11-4-12-20-27(21-13-5-1-6-14-21,22-15-7-2-8-16-22)23-17-9-3-10-18-23;2*14-13(15)11-7-2-1-4-8-12-9-5-3-6-10-12;/h1-3,5-10,13-18H,4,11-12,19-20H2;1-3,5-10,13-18,20H,4,11-12,19H2,(H,25,26);3,5-6,9-10H,1-2,4,7-8,11H2,(H,14,15);3-6,8-10H,1-2,7,11H2,(H,14,15);1H/p-1. The molecule has 0 heterocycles. The number of allylic oxidation sites excluding steroid dienone is 1. The highest BCUT2D eigenvalue weighted by Crippen LogP contribution is 2.56. The second-order valence-electron chi connectivity index (χ2n) is 20.5. The molecule has 8 rings (SSSR count). The third-order valence-corrected chi connectivity index (χ3v) is 22.9. The fraction of sp³-hybridized carbons (Fsp3) is 0.257. The number of rotatable bonds is 30. The van der Waals surface area contributed by atoms with Crippen molar-refractivity contribution in [2.45, 2.75) is 116 Å². The van der Waals surface area contributed by atoms with Gasteiger partial charge in [-0.1, -0.05) is 237 Å². The first-order chi connectivity index (χ1) is 41.0. The molecule has 0 aliphatic carbocycles. The number of carboxylic acids is 4. The van der Waals surface area contributed by atoms with Crippen molar-refractivity contribution < 1.29 is 56.6 Å². The fourth-order valence-electron chi connectivity index (χ4n) is 10.1. The Hall–Kier alpha value is -7.41. The van der Waals surface area contributed by atoms with Crippen LogP contribution in [-0.2, 0) is 25.6 Å². The Kier molecular flexibility index (Phi) is 34.3. The van der Waals surface area contributed by atoms with Crippen LogP contribution in [0.3, 0.4) is 0 Å². The van der Waals surface area contributed by atoms with Crippen molar-refractivity contribution in [3.8, 4) is 0 Å². The molecule has 0 saturated heterocycles. The van der Waals surface area contributed by atoms with E-state index in [0.29, 0.717) is 12.8 Å². The minimum atomic E-state index is -1.91. The first kappa shape index (κ1) is 70.1. The maximum atomic E-state index is 10.8. The second kappa shape index (κ2) is 41.6. The molecule has 0 fully saturated rings. The number of hydrogen-bond acceptors (Lipinski definition) is 5. The van der Waals surface area contributed by atoms with E-state index in [9.17, 15) is 24.3 Å². The molecule has 0 saturated carbocycles. The number of carbonyl (C=O) groups excluding carboxylic acids is 1. The highest BCUT2D eigenvalue weighted by Gasteiger charge is 2.44. The average molecular weight is 1240 g/mol. The molecular formula is C74H84BrO8P2-. The number of hydrogen-bond donors (Lipinski definition) is 3. The van der Waals surface area contributed by atoms with Crippen LogP contribution in [0.25, 0.3) is 6.08 Å². The third-order valence-electron chi connectivity index (χ3n) is 14.3. The molecular weight excluding hydrogens is 1160 g/mol. The van der Waals surface area contributed by atoms with E-state index >= 15 is 0 Å². The predicted molar refractivity (Wildman–Crippen MR) is 353 cm³/mol. The maximum absolute atomic E-state index is 10.8. The van der Waals surface area contributed by atoms with Gasteiger partial charge in [-0.15, -0.1) is 0 Å². The van der Waals surface area contributed by atoms with E-state index in [1.165, 1.54) is 43.0 Å². The lowest BCUT2D eigenvalue weighted by molar-refractivity contribution is -0.305. The van der Waals surface area contributed by atoms with Gasteiger partial charge in [-0.3, -0.25) is 14.4 Å². The summed E-state index contributed by atoms with van der Waals surface area (Å²) in [7, 11) is -1.76. The van der Waals surface area contributed by atoms with Crippen molar-refractivity contribution in [1.29, 1.82) is 0 Å². The zero-order valence-electron chi connectivity index (χ0n) is 48.9. The number of aliphatic carboxylic acids is 4. The van der Waals surface area contributed by atoms with Gasteiger partial charge < -0.3 is 42.2 Å². The summed E-state index contributed by atoms with van der Waals surface area (Å²) in [6.07, 6.45) is 19.2. The van der Waals surface area contributed by atoms with Crippen LogP contribution in [0.4, 0.5) is 0 Å². The van der Waals surface area contributed by atoms with Gasteiger partial charge in [0, 0.05) is 25.2 Å². The minimum absolute atomic E-state index is 0. The van der Waals surface area contributed by atoms with Crippen molar-refractivity contribution >= 4 is 81.7 Å². The van der Waals surface area contributed by atoms with Gasteiger partial charge in [-0.2, -0.15) is 0 Å². The minimum Gasteiger partial charge on any atom is -1.00 e. The molecule has 8 nitrogen and oxygen atoms in total. The number of benzene rings is 8. The fourth-order valence-corrected chi connectivity index (χ4v) is 18.5. The topological polar surface area (TPSA) is 152 Å². The normalized spacial score (nSPS) is 10.8. The van der Waals surface area contributed by atoms with Crippen LogP contribution in [0.15, 0.2) is 249 Å². The van der Waals surface area contributed by atoms with Crippen molar-refractivity contribution in [3.63, 3.8) is 0 Å². The molecule has 8 aromatic carbocycles. The number of carbonyl (C=O) groups is 4. The largest absolute Gasteiger partial charge is 1.00 e. The molecule has 0 aliphatic rings. The lowest BCUT2D eigenvalue weighted by Crippen LogP contribution is -3.00. The lowest BCUT2D eigenvalue weighted by Gasteiger charge is -2.29. The monoisotopic (exact) mass is 1240 g/mol. The summed E-state index contributed by atoms with van der Waals surface area (Å²) in [4.78, 5) is 42.0. The summed E-state index contributed by atoms with van der Waals surface area (Å²) >= 11 is 0. The molecule has 0 radical (unpaired) electrons. The predicted octanol–water partition coefficient (Wildman–Crippen LogP) is 11.3. The molecule has 11 heteroatoms. The Labute approximate surface area is 516 Å². The highest BCUT2D eigenvalue weighted by atomic mass is 79.9. The smallest absolute Gasteiger partial charge is 0.303 e. The number of aryl methyl sites for hydroxylation is 1. The first-order valence-electron chi connectivity index (χ1n) is 29.6. The molecule has 3 N–H and O–H groups in total. The number of carboxylic acid groups (broad SMARTS) is 4. The van der Waals surface area contributed by atoms with Gasteiger partial charge in [0.1, 0.15) is 23.2 Å². The quantitative estimate of drug-likeness (QED) is 0.0297. The van der Waals surface area contributed by atoms with Crippen LogP contribution in [0, 0.1) is 0 Å². The van der Waals surface area contributed by atoms with Gasteiger partial charge in [0.25, 0.3) is 0 Å². The van der Waals surface area contributed by atoms with Crippen LogP contribution in [0.2, 0.25) is 0 Å². The molecule has 446 valence electrons. The molecule has 0 bridgehead atoms. The van der Waals surface area contributed by atoms with E-state index in [0.717, 1.165) is 89.6 Å². The summed E-state index contributed by atoms with van der Waals surface area (Å²) in [6, 6.07) is 85.0. The van der Waals surface area contributed by atoms with Crippen molar-refractivity contribution in [2.75, 3.05) is 6.16 Å². The van der Waals surface area contributed by atoms with Gasteiger partial charge >= 0.3 is 17.9 Å². The van der Waals surface area contributed by atoms with E-state index in [1.54, 1.807) is 0 Å². The Balaban J connectivity index is 0.000000251. The summed E-state index contributed by atoms with van der Waals surface area (Å²) in [5.41, 5.74) is 2.56.